The number of aromatic nitrogens is 2. The van der Waals surface area contributed by atoms with Gasteiger partial charge in [-0.2, -0.15) is 5.10 Å². The van der Waals surface area contributed by atoms with Crippen LogP contribution >= 0.6 is 11.6 Å². The lowest BCUT2D eigenvalue weighted by Gasteiger charge is -2.02. The van der Waals surface area contributed by atoms with Gasteiger partial charge in [0.05, 0.1) is 11.4 Å². The van der Waals surface area contributed by atoms with E-state index in [4.69, 9.17) is 21.4 Å². The van der Waals surface area contributed by atoms with Gasteiger partial charge in [0.1, 0.15) is 6.61 Å². The summed E-state index contributed by atoms with van der Waals surface area (Å²) < 4.78 is 7.12. The van der Waals surface area contributed by atoms with Gasteiger partial charge in [0, 0.05) is 28.4 Å². The van der Waals surface area contributed by atoms with Crippen molar-refractivity contribution in [2.24, 2.45) is 0 Å². The van der Waals surface area contributed by atoms with E-state index in [-0.39, 0.29) is 6.61 Å². The number of halogens is 1. The Kier molecular flexibility index (Phi) is 6.06. The summed E-state index contributed by atoms with van der Waals surface area (Å²) in [6, 6.07) is 26.8. The molecule has 0 radical (unpaired) electrons. The zero-order chi connectivity index (χ0) is 20.8. The van der Waals surface area contributed by atoms with E-state index < -0.39 is 5.97 Å². The molecule has 0 unspecified atom stereocenters. The largest absolute Gasteiger partial charge is 0.458 e. The Morgan fingerprint density at radius 1 is 0.933 bits per heavy atom. The Morgan fingerprint density at radius 2 is 1.60 bits per heavy atom. The van der Waals surface area contributed by atoms with Gasteiger partial charge >= 0.3 is 5.97 Å². The van der Waals surface area contributed by atoms with Gasteiger partial charge in [0.2, 0.25) is 0 Å². The van der Waals surface area contributed by atoms with Gasteiger partial charge in [-0.15, -0.1) is 0 Å². The van der Waals surface area contributed by atoms with Crippen LogP contribution in [-0.2, 0) is 16.1 Å². The van der Waals surface area contributed by atoms with Crippen molar-refractivity contribution in [1.82, 2.24) is 9.78 Å². The van der Waals surface area contributed by atoms with Crippen molar-refractivity contribution in [3.63, 3.8) is 0 Å². The predicted octanol–water partition coefficient (Wildman–Crippen LogP) is 5.95. The molecule has 0 aliphatic rings. The summed E-state index contributed by atoms with van der Waals surface area (Å²) in [7, 11) is 0. The van der Waals surface area contributed by atoms with Gasteiger partial charge in [-0.1, -0.05) is 72.3 Å². The third kappa shape index (κ3) is 4.85. The lowest BCUT2D eigenvalue weighted by atomic mass is 10.1. The number of carbonyl (C=O) groups excluding carboxylic acids is 1. The zero-order valence-corrected chi connectivity index (χ0v) is 16.9. The van der Waals surface area contributed by atoms with E-state index >= 15 is 0 Å². The van der Waals surface area contributed by atoms with Gasteiger partial charge in [0.15, 0.2) is 0 Å². The minimum Gasteiger partial charge on any atom is -0.458 e. The zero-order valence-electron chi connectivity index (χ0n) is 16.1. The number of benzene rings is 3. The average molecular weight is 415 g/mol. The second-order valence-electron chi connectivity index (χ2n) is 6.65. The van der Waals surface area contributed by atoms with Crippen LogP contribution in [0.5, 0.6) is 0 Å². The Balaban J connectivity index is 1.59. The van der Waals surface area contributed by atoms with Crippen molar-refractivity contribution < 1.29 is 9.53 Å². The molecule has 0 atom stereocenters. The van der Waals surface area contributed by atoms with Crippen molar-refractivity contribution >= 4 is 23.6 Å². The molecule has 0 amide bonds. The summed E-state index contributed by atoms with van der Waals surface area (Å²) >= 11 is 6.03. The Hall–Kier alpha value is -3.63. The molecule has 4 nitrogen and oxygen atoms in total. The van der Waals surface area contributed by atoms with Crippen LogP contribution in [0.25, 0.3) is 23.0 Å². The van der Waals surface area contributed by atoms with Gasteiger partial charge < -0.3 is 4.74 Å². The van der Waals surface area contributed by atoms with Gasteiger partial charge in [-0.25, -0.2) is 9.48 Å². The minimum atomic E-state index is -0.409. The van der Waals surface area contributed by atoms with Crippen molar-refractivity contribution in [1.29, 1.82) is 0 Å². The topological polar surface area (TPSA) is 44.1 Å². The van der Waals surface area contributed by atoms with Crippen LogP contribution in [0.1, 0.15) is 11.1 Å². The van der Waals surface area contributed by atoms with Crippen molar-refractivity contribution in [3.8, 4) is 16.9 Å². The number of nitrogens with zero attached hydrogens (tertiary/aromatic N) is 2. The fourth-order valence-electron chi connectivity index (χ4n) is 2.99. The second kappa shape index (κ2) is 9.25. The summed E-state index contributed by atoms with van der Waals surface area (Å²) in [6.07, 6.45) is 5.04. The molecule has 0 saturated heterocycles. The second-order valence-corrected chi connectivity index (χ2v) is 7.08. The molecular formula is C25H19ClN2O2. The highest BCUT2D eigenvalue weighted by atomic mass is 35.5. The summed E-state index contributed by atoms with van der Waals surface area (Å²) in [4.78, 5) is 12.2. The average Bonchev–Trinajstić information content (AvgIpc) is 3.22. The molecule has 1 aromatic heterocycles. The van der Waals surface area contributed by atoms with E-state index in [9.17, 15) is 4.79 Å². The molecule has 0 fully saturated rings. The molecule has 0 aliphatic heterocycles. The maximum atomic E-state index is 12.2. The SMILES string of the molecule is O=C(/C=C\c1cn(-c2ccccc2)nc1-c1ccc(Cl)cc1)OCc1ccccc1. The van der Waals surface area contributed by atoms with Gasteiger partial charge in [0.25, 0.3) is 0 Å². The molecule has 148 valence electrons. The number of para-hydroxylation sites is 1. The van der Waals surface area contributed by atoms with Gasteiger partial charge in [-0.05, 0) is 35.9 Å². The summed E-state index contributed by atoms with van der Waals surface area (Å²) in [5, 5.41) is 5.38. The first-order chi connectivity index (χ1) is 14.7. The molecule has 0 aliphatic carbocycles. The molecule has 4 rings (SSSR count). The highest BCUT2D eigenvalue weighted by molar-refractivity contribution is 6.30. The van der Waals surface area contributed by atoms with E-state index in [0.29, 0.717) is 5.02 Å². The molecular weight excluding hydrogens is 396 g/mol. The highest BCUT2D eigenvalue weighted by Gasteiger charge is 2.11. The molecule has 0 bridgehead atoms. The van der Waals surface area contributed by atoms with E-state index in [1.165, 1.54) is 6.08 Å². The fourth-order valence-corrected chi connectivity index (χ4v) is 3.11. The first-order valence-corrected chi connectivity index (χ1v) is 9.86. The van der Waals surface area contributed by atoms with Crippen LogP contribution in [0.2, 0.25) is 5.02 Å². The fraction of sp³-hybridized carbons (Fsp3) is 0.0400. The lowest BCUT2D eigenvalue weighted by Crippen LogP contribution is -2.00. The maximum Gasteiger partial charge on any atom is 0.331 e. The van der Waals surface area contributed by atoms with Crippen LogP contribution in [-0.4, -0.2) is 15.7 Å². The summed E-state index contributed by atoms with van der Waals surface area (Å²) in [5.41, 5.74) is 4.34. The number of carbonyl (C=O) groups is 1. The first kappa shape index (κ1) is 19.7. The van der Waals surface area contributed by atoms with Crippen molar-refractivity contribution in [2.45, 2.75) is 6.61 Å². The van der Waals surface area contributed by atoms with Crippen LogP contribution in [0.4, 0.5) is 0 Å². The molecule has 1 heterocycles. The third-order valence-electron chi connectivity index (χ3n) is 4.50. The summed E-state index contributed by atoms with van der Waals surface area (Å²) in [6.45, 7) is 0.233. The molecule has 0 saturated carbocycles. The Morgan fingerprint density at radius 3 is 2.30 bits per heavy atom. The molecule has 0 spiro atoms. The van der Waals surface area contributed by atoms with Crippen molar-refractivity contribution in [3.05, 3.63) is 113 Å². The van der Waals surface area contributed by atoms with Gasteiger partial charge in [-0.3, -0.25) is 0 Å². The van der Waals surface area contributed by atoms with E-state index in [0.717, 1.165) is 28.1 Å². The van der Waals surface area contributed by atoms with Crippen LogP contribution in [0, 0.1) is 0 Å². The van der Waals surface area contributed by atoms with E-state index in [2.05, 4.69) is 0 Å². The number of ether oxygens (including phenoxy) is 1. The first-order valence-electron chi connectivity index (χ1n) is 9.49. The Bertz CT molecular complexity index is 1150. The predicted molar refractivity (Wildman–Crippen MR) is 119 cm³/mol. The number of hydrogen-bond acceptors (Lipinski definition) is 3. The molecule has 30 heavy (non-hydrogen) atoms. The van der Waals surface area contributed by atoms with Crippen LogP contribution < -0.4 is 0 Å². The Labute approximate surface area is 180 Å². The monoisotopic (exact) mass is 414 g/mol. The molecule has 3 aromatic carbocycles. The van der Waals surface area contributed by atoms with Crippen LogP contribution in [0.3, 0.4) is 0 Å². The van der Waals surface area contributed by atoms with E-state index in [1.807, 2.05) is 91.1 Å². The highest BCUT2D eigenvalue weighted by Crippen LogP contribution is 2.26. The minimum absolute atomic E-state index is 0.233. The summed E-state index contributed by atoms with van der Waals surface area (Å²) in [5.74, 6) is -0.409. The smallest absolute Gasteiger partial charge is 0.331 e. The lowest BCUT2D eigenvalue weighted by molar-refractivity contribution is -0.138. The molecule has 4 aromatic rings. The normalized spacial score (nSPS) is 11.0. The van der Waals surface area contributed by atoms with Crippen LogP contribution in [0.15, 0.2) is 97.2 Å². The van der Waals surface area contributed by atoms with Crippen molar-refractivity contribution in [2.75, 3.05) is 0 Å². The number of rotatable bonds is 6. The number of hydrogen-bond donors (Lipinski definition) is 0. The molecule has 0 N–H and O–H groups in total. The quantitative estimate of drug-likeness (QED) is 0.289. The maximum absolute atomic E-state index is 12.2. The molecule has 5 heteroatoms. The third-order valence-corrected chi connectivity index (χ3v) is 4.76. The number of esters is 1. The van der Waals surface area contributed by atoms with E-state index in [1.54, 1.807) is 10.8 Å². The standard InChI is InChI=1S/C25H19ClN2O2/c26-22-14-11-20(12-15-22)25-21(17-28(27-25)23-9-5-2-6-10-23)13-16-24(29)30-18-19-7-3-1-4-8-19/h1-17H,18H2/b16-13-.